The third kappa shape index (κ3) is 3.34. The molecule has 3 aromatic carbocycles. The topological polar surface area (TPSA) is 73.6 Å². The molecule has 6 heteroatoms. The third-order valence-corrected chi connectivity index (χ3v) is 5.47. The van der Waals surface area contributed by atoms with E-state index in [-0.39, 0.29) is 12.2 Å². The van der Waals surface area contributed by atoms with Gasteiger partial charge in [0.25, 0.3) is 0 Å². The molecule has 0 saturated carbocycles. The van der Waals surface area contributed by atoms with Gasteiger partial charge in [-0.1, -0.05) is 42.5 Å². The number of fused-ring (bicyclic) bond motifs is 3. The van der Waals surface area contributed by atoms with E-state index in [1.807, 2.05) is 30.3 Å². The van der Waals surface area contributed by atoms with Gasteiger partial charge in [-0.2, -0.15) is 0 Å². The molecule has 0 radical (unpaired) electrons. The number of carbonyl (C=O) groups is 1. The maximum Gasteiger partial charge on any atom is 0.339 e. The van der Waals surface area contributed by atoms with Gasteiger partial charge in [0.05, 0.1) is 21.3 Å². The highest BCUT2D eigenvalue weighted by Crippen LogP contribution is 2.28. The molecule has 0 unspecified atom stereocenters. The van der Waals surface area contributed by atoms with Crippen molar-refractivity contribution in [2.45, 2.75) is 11.5 Å². The van der Waals surface area contributed by atoms with Gasteiger partial charge in [0.2, 0.25) is 0 Å². The number of rotatable bonds is 4. The van der Waals surface area contributed by atoms with Crippen LogP contribution in [0.3, 0.4) is 0 Å². The van der Waals surface area contributed by atoms with Crippen LogP contribution in [-0.2, 0) is 22.1 Å². The number of ether oxygens (including phenoxy) is 1. The predicted molar refractivity (Wildman–Crippen MR) is 108 cm³/mol. The smallest absolute Gasteiger partial charge is 0.339 e. The Hall–Kier alpha value is -3.25. The summed E-state index contributed by atoms with van der Waals surface area (Å²) in [6, 6.07) is 19.3. The summed E-state index contributed by atoms with van der Waals surface area (Å²) in [6.45, 7) is -0.0976. The third-order valence-electron chi connectivity index (χ3n) is 4.49. The van der Waals surface area contributed by atoms with Crippen molar-refractivity contribution in [1.82, 2.24) is 0 Å². The lowest BCUT2D eigenvalue weighted by molar-refractivity contribution is 0.0469. The minimum Gasteiger partial charge on any atom is -0.457 e. The van der Waals surface area contributed by atoms with E-state index in [9.17, 15) is 13.8 Å². The first-order valence-corrected chi connectivity index (χ1v) is 10.1. The van der Waals surface area contributed by atoms with Gasteiger partial charge < -0.3 is 9.15 Å². The molecule has 0 N–H and O–H groups in total. The van der Waals surface area contributed by atoms with Crippen molar-refractivity contribution in [3.63, 3.8) is 0 Å². The lowest BCUT2D eigenvalue weighted by atomic mass is 10.0. The first kappa shape index (κ1) is 18.1. The van der Waals surface area contributed by atoms with E-state index in [1.54, 1.807) is 30.3 Å². The summed E-state index contributed by atoms with van der Waals surface area (Å²) >= 11 is 0. The van der Waals surface area contributed by atoms with Crippen LogP contribution in [0.5, 0.6) is 0 Å². The van der Waals surface area contributed by atoms with Gasteiger partial charge in [-0.25, -0.2) is 9.59 Å². The predicted octanol–water partition coefficient (Wildman–Crippen LogP) is 4.04. The van der Waals surface area contributed by atoms with Crippen molar-refractivity contribution in [2.75, 3.05) is 6.26 Å². The number of esters is 1. The molecule has 5 nitrogen and oxygen atoms in total. The SMILES string of the molecule is C[S@](=O)c1ccccc1C(=O)OCc1cc(=O)oc2ccc3ccccc3c12. The first-order valence-electron chi connectivity index (χ1n) is 8.58. The Morgan fingerprint density at radius 1 is 1.04 bits per heavy atom. The quantitative estimate of drug-likeness (QED) is 0.298. The monoisotopic (exact) mass is 392 g/mol. The van der Waals surface area contributed by atoms with Crippen LogP contribution in [0.1, 0.15) is 15.9 Å². The van der Waals surface area contributed by atoms with Crippen LogP contribution in [0.15, 0.2) is 80.8 Å². The van der Waals surface area contributed by atoms with Crippen molar-refractivity contribution < 1.29 is 18.2 Å². The molecule has 0 amide bonds. The normalized spacial score (nSPS) is 12.2. The molecule has 0 aliphatic rings. The van der Waals surface area contributed by atoms with Crippen LogP contribution in [-0.4, -0.2) is 16.4 Å². The first-order chi connectivity index (χ1) is 13.5. The molecular weight excluding hydrogens is 376 g/mol. The Morgan fingerprint density at radius 3 is 2.61 bits per heavy atom. The minimum atomic E-state index is -1.32. The van der Waals surface area contributed by atoms with E-state index < -0.39 is 22.4 Å². The van der Waals surface area contributed by atoms with Gasteiger partial charge in [-0.05, 0) is 29.0 Å². The average Bonchev–Trinajstić information content (AvgIpc) is 2.71. The fourth-order valence-electron chi connectivity index (χ4n) is 3.24. The number of hydrogen-bond donors (Lipinski definition) is 0. The van der Waals surface area contributed by atoms with Crippen LogP contribution in [0, 0.1) is 0 Å². The van der Waals surface area contributed by atoms with E-state index in [0.717, 1.165) is 16.2 Å². The van der Waals surface area contributed by atoms with Gasteiger partial charge in [-0.15, -0.1) is 0 Å². The Morgan fingerprint density at radius 2 is 1.79 bits per heavy atom. The molecule has 0 fully saturated rings. The molecule has 4 rings (SSSR count). The largest absolute Gasteiger partial charge is 0.457 e. The van der Waals surface area contributed by atoms with Crippen molar-refractivity contribution in [1.29, 1.82) is 0 Å². The molecule has 1 heterocycles. The Labute approximate surface area is 163 Å². The van der Waals surface area contributed by atoms with Crippen LogP contribution >= 0.6 is 0 Å². The maximum absolute atomic E-state index is 12.6. The number of hydrogen-bond acceptors (Lipinski definition) is 5. The highest BCUT2D eigenvalue weighted by Gasteiger charge is 2.16. The molecule has 0 aliphatic carbocycles. The highest BCUT2D eigenvalue weighted by molar-refractivity contribution is 7.84. The zero-order valence-corrected chi connectivity index (χ0v) is 15.8. The molecule has 1 aromatic heterocycles. The molecule has 0 spiro atoms. The number of benzene rings is 3. The van der Waals surface area contributed by atoms with Crippen molar-refractivity contribution in [3.05, 3.63) is 88.3 Å². The minimum absolute atomic E-state index is 0.0976. The van der Waals surface area contributed by atoms with E-state index in [1.165, 1.54) is 12.3 Å². The maximum atomic E-state index is 12.6. The second kappa shape index (κ2) is 7.40. The summed E-state index contributed by atoms with van der Waals surface area (Å²) in [5.74, 6) is -0.590. The Balaban J connectivity index is 1.74. The van der Waals surface area contributed by atoms with Crippen molar-refractivity contribution >= 4 is 38.5 Å². The summed E-state index contributed by atoms with van der Waals surface area (Å²) < 4.78 is 22.6. The fourth-order valence-corrected chi connectivity index (χ4v) is 3.97. The van der Waals surface area contributed by atoms with E-state index >= 15 is 0 Å². The molecule has 28 heavy (non-hydrogen) atoms. The summed E-state index contributed by atoms with van der Waals surface area (Å²) in [7, 11) is -1.32. The van der Waals surface area contributed by atoms with Gasteiger partial charge in [0.15, 0.2) is 0 Å². The average molecular weight is 392 g/mol. The summed E-state index contributed by atoms with van der Waals surface area (Å²) in [6.07, 6.45) is 1.51. The van der Waals surface area contributed by atoms with Gasteiger partial charge in [0, 0.05) is 23.3 Å². The molecular formula is C22H16O5S. The standard InChI is InChI=1S/C22H16O5S/c1-28(25)19-9-5-4-8-17(19)22(24)26-13-15-12-20(23)27-18-11-10-14-6-2-3-7-16(14)21(15)18/h2-12H,13H2,1H3/t28-/m0/s1. The summed E-state index contributed by atoms with van der Waals surface area (Å²) in [5, 5.41) is 2.63. The van der Waals surface area contributed by atoms with Crippen molar-refractivity contribution in [2.24, 2.45) is 0 Å². The van der Waals surface area contributed by atoms with Crippen LogP contribution < -0.4 is 5.63 Å². The lowest BCUT2D eigenvalue weighted by Gasteiger charge is -2.11. The van der Waals surface area contributed by atoms with Crippen LogP contribution in [0.25, 0.3) is 21.7 Å². The molecule has 1 atom stereocenters. The van der Waals surface area contributed by atoms with E-state index in [0.29, 0.717) is 16.0 Å². The second-order valence-electron chi connectivity index (χ2n) is 6.28. The Bertz CT molecular complexity index is 1290. The van der Waals surface area contributed by atoms with Gasteiger partial charge in [-0.3, -0.25) is 4.21 Å². The molecule has 0 aliphatic heterocycles. The summed E-state index contributed by atoms with van der Waals surface area (Å²) in [4.78, 5) is 24.9. The fraction of sp³-hybridized carbons (Fsp3) is 0.0909. The molecule has 0 bridgehead atoms. The van der Waals surface area contributed by atoms with Crippen molar-refractivity contribution in [3.8, 4) is 0 Å². The van der Waals surface area contributed by atoms with Gasteiger partial charge in [0.1, 0.15) is 12.2 Å². The molecule has 140 valence electrons. The lowest BCUT2D eigenvalue weighted by Crippen LogP contribution is -2.10. The van der Waals surface area contributed by atoms with Crippen LogP contribution in [0.4, 0.5) is 0 Å². The Kier molecular flexibility index (Phi) is 4.79. The van der Waals surface area contributed by atoms with Crippen LogP contribution in [0.2, 0.25) is 0 Å². The molecule has 0 saturated heterocycles. The highest BCUT2D eigenvalue weighted by atomic mass is 32.2. The summed E-state index contributed by atoms with van der Waals surface area (Å²) in [5.41, 5.74) is 0.739. The second-order valence-corrected chi connectivity index (χ2v) is 7.62. The van der Waals surface area contributed by atoms with Gasteiger partial charge >= 0.3 is 11.6 Å². The van der Waals surface area contributed by atoms with E-state index in [2.05, 4.69) is 0 Å². The molecule has 4 aromatic rings. The van der Waals surface area contributed by atoms with E-state index in [4.69, 9.17) is 9.15 Å². The number of carbonyl (C=O) groups excluding carboxylic acids is 1. The zero-order valence-electron chi connectivity index (χ0n) is 15.0. The zero-order chi connectivity index (χ0) is 19.7.